The van der Waals surface area contributed by atoms with Crippen molar-refractivity contribution in [2.75, 3.05) is 13.7 Å². The Labute approximate surface area is 144 Å². The number of carbonyl (C=O) groups is 3. The van der Waals surface area contributed by atoms with Gasteiger partial charge < -0.3 is 9.47 Å². The Morgan fingerprint density at radius 2 is 1.92 bits per heavy atom. The average Bonchev–Trinajstić information content (AvgIpc) is 3.12. The number of hydrogen-bond acceptors (Lipinski definition) is 5. The highest BCUT2D eigenvalue weighted by Gasteiger charge is 2.24. The lowest BCUT2D eigenvalue weighted by Gasteiger charge is -2.12. The predicted molar refractivity (Wildman–Crippen MR) is 86.5 cm³/mol. The fraction of sp³-hybridized carbons (Fsp3) is 0.438. The second kappa shape index (κ2) is 8.54. The maximum Gasteiger partial charge on any atom is 0.309 e. The molecular weight excluding hydrogens is 336 g/mol. The van der Waals surface area contributed by atoms with Crippen LogP contribution >= 0.6 is 11.6 Å². The minimum Gasteiger partial charge on any atom is -0.496 e. The van der Waals surface area contributed by atoms with Crippen LogP contribution < -0.4 is 15.6 Å². The fourth-order valence-corrected chi connectivity index (χ4v) is 2.68. The first-order valence-electron chi connectivity index (χ1n) is 7.60. The van der Waals surface area contributed by atoms with E-state index in [-0.39, 0.29) is 17.5 Å². The van der Waals surface area contributed by atoms with Gasteiger partial charge >= 0.3 is 5.97 Å². The second-order valence-corrected chi connectivity index (χ2v) is 5.87. The van der Waals surface area contributed by atoms with Crippen molar-refractivity contribution in [2.45, 2.75) is 25.7 Å². The first-order valence-corrected chi connectivity index (χ1v) is 7.98. The van der Waals surface area contributed by atoms with Crippen molar-refractivity contribution in [3.63, 3.8) is 0 Å². The molecule has 0 heterocycles. The molecule has 7 nitrogen and oxygen atoms in total. The summed E-state index contributed by atoms with van der Waals surface area (Å²) in [6, 6.07) is 4.54. The molecule has 1 aliphatic rings. The number of hydrazine groups is 1. The Morgan fingerprint density at radius 3 is 2.58 bits per heavy atom. The number of amides is 2. The van der Waals surface area contributed by atoms with E-state index in [1.807, 2.05) is 0 Å². The Kier molecular flexibility index (Phi) is 6.43. The number of ether oxygens (including phenoxy) is 2. The van der Waals surface area contributed by atoms with E-state index in [0.29, 0.717) is 10.8 Å². The topological polar surface area (TPSA) is 93.7 Å². The van der Waals surface area contributed by atoms with Gasteiger partial charge in [-0.3, -0.25) is 25.2 Å². The average molecular weight is 355 g/mol. The van der Waals surface area contributed by atoms with Crippen molar-refractivity contribution < 1.29 is 23.9 Å². The molecule has 2 N–H and O–H groups in total. The summed E-state index contributed by atoms with van der Waals surface area (Å²) in [5.74, 6) is -1.40. The van der Waals surface area contributed by atoms with Gasteiger partial charge in [-0.25, -0.2) is 0 Å². The first kappa shape index (κ1) is 18.1. The van der Waals surface area contributed by atoms with Crippen LogP contribution in [0.1, 0.15) is 36.0 Å². The van der Waals surface area contributed by atoms with Crippen LogP contribution in [0.4, 0.5) is 0 Å². The van der Waals surface area contributed by atoms with Crippen LogP contribution in [0.2, 0.25) is 5.02 Å². The van der Waals surface area contributed by atoms with Crippen LogP contribution in [-0.2, 0) is 14.3 Å². The third kappa shape index (κ3) is 4.86. The van der Waals surface area contributed by atoms with Gasteiger partial charge in [-0.1, -0.05) is 24.4 Å². The SMILES string of the molecule is COc1ccc(Cl)cc1C(=O)NNC(=O)COC(=O)C1CCCC1. The minimum atomic E-state index is -0.629. The molecule has 0 saturated heterocycles. The Morgan fingerprint density at radius 1 is 1.21 bits per heavy atom. The number of rotatable bonds is 5. The lowest BCUT2D eigenvalue weighted by atomic mass is 10.1. The highest BCUT2D eigenvalue weighted by atomic mass is 35.5. The minimum absolute atomic E-state index is 0.122. The van der Waals surface area contributed by atoms with Crippen molar-refractivity contribution in [1.82, 2.24) is 10.9 Å². The summed E-state index contributed by atoms with van der Waals surface area (Å²) in [5, 5.41) is 0.359. The molecule has 0 aromatic heterocycles. The molecule has 0 atom stereocenters. The summed E-state index contributed by atoms with van der Waals surface area (Å²) in [6.07, 6.45) is 3.60. The number of halogens is 1. The molecular formula is C16H19ClN2O5. The number of carbonyl (C=O) groups excluding carboxylic acids is 3. The summed E-state index contributed by atoms with van der Waals surface area (Å²) >= 11 is 5.85. The molecule has 8 heteroatoms. The lowest BCUT2D eigenvalue weighted by molar-refractivity contribution is -0.152. The van der Waals surface area contributed by atoms with Crippen molar-refractivity contribution >= 4 is 29.4 Å². The highest BCUT2D eigenvalue weighted by Crippen LogP contribution is 2.25. The Balaban J connectivity index is 1.80. The third-order valence-corrected chi connectivity index (χ3v) is 3.99. The van der Waals surface area contributed by atoms with E-state index in [1.54, 1.807) is 12.1 Å². The molecule has 0 spiro atoms. The number of nitrogens with one attached hydrogen (secondary N) is 2. The molecule has 0 aliphatic heterocycles. The molecule has 2 amide bonds. The summed E-state index contributed by atoms with van der Waals surface area (Å²) in [5.41, 5.74) is 4.58. The summed E-state index contributed by atoms with van der Waals surface area (Å²) in [7, 11) is 1.42. The molecule has 0 radical (unpaired) electrons. The van der Waals surface area contributed by atoms with Gasteiger partial charge in [0.25, 0.3) is 11.8 Å². The molecule has 1 aliphatic carbocycles. The van der Waals surface area contributed by atoms with Crippen LogP contribution in [-0.4, -0.2) is 31.5 Å². The van der Waals surface area contributed by atoms with Gasteiger partial charge in [0.05, 0.1) is 18.6 Å². The predicted octanol–water partition coefficient (Wildman–Crippen LogP) is 1.84. The number of benzene rings is 1. The molecule has 0 bridgehead atoms. The van der Waals surface area contributed by atoms with Crippen LogP contribution in [0.3, 0.4) is 0 Å². The van der Waals surface area contributed by atoms with Gasteiger partial charge in [-0.2, -0.15) is 0 Å². The van der Waals surface area contributed by atoms with Gasteiger partial charge in [-0.15, -0.1) is 0 Å². The van der Waals surface area contributed by atoms with E-state index >= 15 is 0 Å². The van der Waals surface area contributed by atoms with Crippen LogP contribution in [0.15, 0.2) is 18.2 Å². The zero-order valence-corrected chi connectivity index (χ0v) is 14.0. The van der Waals surface area contributed by atoms with E-state index < -0.39 is 18.4 Å². The smallest absolute Gasteiger partial charge is 0.309 e. The van der Waals surface area contributed by atoms with E-state index in [9.17, 15) is 14.4 Å². The van der Waals surface area contributed by atoms with Gasteiger partial charge in [-0.05, 0) is 31.0 Å². The highest BCUT2D eigenvalue weighted by molar-refractivity contribution is 6.31. The molecule has 1 fully saturated rings. The third-order valence-electron chi connectivity index (χ3n) is 3.76. The summed E-state index contributed by atoms with van der Waals surface area (Å²) in [4.78, 5) is 35.4. The van der Waals surface area contributed by atoms with Gasteiger partial charge in [0.1, 0.15) is 5.75 Å². The van der Waals surface area contributed by atoms with E-state index in [2.05, 4.69) is 10.9 Å². The van der Waals surface area contributed by atoms with Gasteiger partial charge in [0.2, 0.25) is 0 Å². The van der Waals surface area contributed by atoms with Crippen LogP contribution in [0.5, 0.6) is 5.75 Å². The standard InChI is InChI=1S/C16H19ClN2O5/c1-23-13-7-6-11(17)8-12(13)15(21)19-18-14(20)9-24-16(22)10-4-2-3-5-10/h6-8,10H,2-5,9H2,1H3,(H,18,20)(H,19,21). The van der Waals surface area contributed by atoms with Crippen molar-refractivity contribution in [3.05, 3.63) is 28.8 Å². The molecule has 0 unspecified atom stereocenters. The Hall–Kier alpha value is -2.28. The van der Waals surface area contributed by atoms with E-state index in [1.165, 1.54) is 13.2 Å². The maximum atomic E-state index is 12.1. The first-order chi connectivity index (χ1) is 11.5. The van der Waals surface area contributed by atoms with Gasteiger partial charge in [0.15, 0.2) is 6.61 Å². The monoisotopic (exact) mass is 354 g/mol. The molecule has 1 aromatic carbocycles. The number of esters is 1. The zero-order valence-electron chi connectivity index (χ0n) is 13.3. The van der Waals surface area contributed by atoms with Crippen LogP contribution in [0.25, 0.3) is 0 Å². The molecule has 1 aromatic rings. The van der Waals surface area contributed by atoms with E-state index in [0.717, 1.165) is 25.7 Å². The van der Waals surface area contributed by atoms with Gasteiger partial charge in [0, 0.05) is 5.02 Å². The quantitative estimate of drug-likeness (QED) is 0.621. The van der Waals surface area contributed by atoms with Crippen molar-refractivity contribution in [2.24, 2.45) is 5.92 Å². The molecule has 130 valence electrons. The molecule has 2 rings (SSSR count). The fourth-order valence-electron chi connectivity index (χ4n) is 2.50. The zero-order chi connectivity index (χ0) is 17.5. The van der Waals surface area contributed by atoms with Crippen molar-refractivity contribution in [3.8, 4) is 5.75 Å². The summed E-state index contributed by atoms with van der Waals surface area (Å²) < 4.78 is 10.0. The largest absolute Gasteiger partial charge is 0.496 e. The van der Waals surface area contributed by atoms with Crippen molar-refractivity contribution in [1.29, 1.82) is 0 Å². The lowest BCUT2D eigenvalue weighted by Crippen LogP contribution is -2.43. The second-order valence-electron chi connectivity index (χ2n) is 5.44. The number of methoxy groups -OCH3 is 1. The summed E-state index contributed by atoms with van der Waals surface area (Å²) in [6.45, 7) is -0.442. The number of hydrogen-bond donors (Lipinski definition) is 2. The van der Waals surface area contributed by atoms with E-state index in [4.69, 9.17) is 21.1 Å². The maximum absolute atomic E-state index is 12.1. The molecule has 1 saturated carbocycles. The molecule has 24 heavy (non-hydrogen) atoms. The van der Waals surface area contributed by atoms with Crippen LogP contribution in [0, 0.1) is 5.92 Å². The Bertz CT molecular complexity index is 629. The normalized spacial score (nSPS) is 14.1.